The maximum Gasteiger partial charge on any atom is 0.249 e. The molecule has 3 rings (SSSR count). The highest BCUT2D eigenvalue weighted by Crippen LogP contribution is 2.26. The third kappa shape index (κ3) is 3.85. The highest BCUT2D eigenvalue weighted by Gasteiger charge is 2.32. The molecule has 2 aromatic rings. The molecule has 6 nitrogen and oxygen atoms in total. The molecule has 0 spiro atoms. The lowest BCUT2D eigenvalue weighted by Gasteiger charge is -2.22. The topological polar surface area (TPSA) is 65.4 Å². The SMILES string of the molecule is CCC1CCC(C(=O)NC(c2cccc(OC)c2)c2nccn2C)O1. The summed E-state index contributed by atoms with van der Waals surface area (Å²) in [6.45, 7) is 2.08. The van der Waals surface area contributed by atoms with E-state index in [-0.39, 0.29) is 18.1 Å². The molecule has 0 radical (unpaired) electrons. The molecule has 1 aromatic carbocycles. The number of carbonyl (C=O) groups is 1. The van der Waals surface area contributed by atoms with Gasteiger partial charge >= 0.3 is 0 Å². The van der Waals surface area contributed by atoms with Crippen LogP contribution in [0, 0.1) is 0 Å². The number of imidazole rings is 1. The summed E-state index contributed by atoms with van der Waals surface area (Å²) in [7, 11) is 3.55. The van der Waals surface area contributed by atoms with Crippen LogP contribution in [0.1, 0.15) is 43.6 Å². The average molecular weight is 343 g/mol. The third-order valence-electron chi connectivity index (χ3n) is 4.69. The minimum absolute atomic E-state index is 0.0910. The molecule has 2 heterocycles. The zero-order valence-corrected chi connectivity index (χ0v) is 14.9. The lowest BCUT2D eigenvalue weighted by atomic mass is 10.0. The molecule has 3 atom stereocenters. The molecular weight excluding hydrogens is 318 g/mol. The fraction of sp³-hybridized carbons (Fsp3) is 0.474. The first kappa shape index (κ1) is 17.5. The van der Waals surface area contributed by atoms with Gasteiger partial charge in [0, 0.05) is 19.4 Å². The van der Waals surface area contributed by atoms with Crippen molar-refractivity contribution >= 4 is 5.91 Å². The van der Waals surface area contributed by atoms with Gasteiger partial charge in [-0.1, -0.05) is 19.1 Å². The van der Waals surface area contributed by atoms with Crippen molar-refractivity contribution < 1.29 is 14.3 Å². The first-order chi connectivity index (χ1) is 12.1. The summed E-state index contributed by atoms with van der Waals surface area (Å²) in [6, 6.07) is 7.32. The zero-order chi connectivity index (χ0) is 17.8. The van der Waals surface area contributed by atoms with Gasteiger partial charge in [0.15, 0.2) is 0 Å². The minimum Gasteiger partial charge on any atom is -0.497 e. The molecule has 25 heavy (non-hydrogen) atoms. The summed E-state index contributed by atoms with van der Waals surface area (Å²) < 4.78 is 13.1. The van der Waals surface area contributed by atoms with Crippen LogP contribution in [0.4, 0.5) is 0 Å². The summed E-state index contributed by atoms with van der Waals surface area (Å²) in [6.07, 6.45) is 6.01. The van der Waals surface area contributed by atoms with E-state index in [1.807, 2.05) is 42.1 Å². The number of amides is 1. The summed E-state index contributed by atoms with van der Waals surface area (Å²) >= 11 is 0. The quantitative estimate of drug-likeness (QED) is 0.875. The predicted molar refractivity (Wildman–Crippen MR) is 94.4 cm³/mol. The molecule has 1 N–H and O–H groups in total. The number of hydrogen-bond acceptors (Lipinski definition) is 4. The van der Waals surface area contributed by atoms with Crippen LogP contribution in [0.5, 0.6) is 5.75 Å². The van der Waals surface area contributed by atoms with Gasteiger partial charge in [-0.25, -0.2) is 4.98 Å². The van der Waals surface area contributed by atoms with E-state index in [9.17, 15) is 4.79 Å². The van der Waals surface area contributed by atoms with Gasteiger partial charge in [-0.2, -0.15) is 0 Å². The molecule has 0 saturated carbocycles. The van der Waals surface area contributed by atoms with Crippen molar-refractivity contribution in [1.82, 2.24) is 14.9 Å². The summed E-state index contributed by atoms with van der Waals surface area (Å²) in [5.41, 5.74) is 0.923. The van der Waals surface area contributed by atoms with Crippen LogP contribution in [-0.2, 0) is 16.6 Å². The summed E-state index contributed by atoms with van der Waals surface area (Å²) in [4.78, 5) is 17.2. The van der Waals surface area contributed by atoms with Gasteiger partial charge in [0.05, 0.1) is 13.2 Å². The number of aryl methyl sites for hydroxylation is 1. The second-order valence-corrected chi connectivity index (χ2v) is 6.35. The van der Waals surface area contributed by atoms with Crippen LogP contribution < -0.4 is 10.1 Å². The van der Waals surface area contributed by atoms with Gasteiger partial charge < -0.3 is 19.4 Å². The van der Waals surface area contributed by atoms with Gasteiger partial charge in [-0.3, -0.25) is 4.79 Å². The van der Waals surface area contributed by atoms with Crippen molar-refractivity contribution in [2.75, 3.05) is 7.11 Å². The maximum atomic E-state index is 12.7. The highest BCUT2D eigenvalue weighted by atomic mass is 16.5. The van der Waals surface area contributed by atoms with E-state index in [2.05, 4.69) is 17.2 Å². The molecule has 0 aliphatic carbocycles. The Hall–Kier alpha value is -2.34. The van der Waals surface area contributed by atoms with Crippen LogP contribution in [0.3, 0.4) is 0 Å². The summed E-state index contributed by atoms with van der Waals surface area (Å²) in [5.74, 6) is 1.42. The van der Waals surface area contributed by atoms with Crippen LogP contribution in [0.2, 0.25) is 0 Å². The van der Waals surface area contributed by atoms with Crippen LogP contribution in [0.25, 0.3) is 0 Å². The smallest absolute Gasteiger partial charge is 0.249 e. The molecule has 1 aliphatic rings. The standard InChI is InChI=1S/C19H25N3O3/c1-4-14-8-9-16(25-14)19(23)21-17(18-20-10-11-22(18)2)13-6-5-7-15(12-13)24-3/h5-7,10-12,14,16-17H,4,8-9H2,1-3H3,(H,21,23). The zero-order valence-electron chi connectivity index (χ0n) is 14.9. The van der Waals surface area contributed by atoms with Crippen LogP contribution in [0.15, 0.2) is 36.7 Å². The monoisotopic (exact) mass is 343 g/mol. The number of ether oxygens (including phenoxy) is 2. The van der Waals surface area contributed by atoms with Crippen molar-refractivity contribution in [3.63, 3.8) is 0 Å². The minimum atomic E-state index is -0.390. The number of rotatable bonds is 6. The number of nitrogens with one attached hydrogen (secondary N) is 1. The van der Waals surface area contributed by atoms with E-state index in [1.165, 1.54) is 0 Å². The van der Waals surface area contributed by atoms with Crippen molar-refractivity contribution in [1.29, 1.82) is 0 Å². The largest absolute Gasteiger partial charge is 0.497 e. The molecular formula is C19H25N3O3. The lowest BCUT2D eigenvalue weighted by molar-refractivity contribution is -0.132. The first-order valence-corrected chi connectivity index (χ1v) is 8.69. The van der Waals surface area contributed by atoms with Gasteiger partial charge in [-0.15, -0.1) is 0 Å². The molecule has 1 aromatic heterocycles. The van der Waals surface area contributed by atoms with Crippen LogP contribution in [-0.4, -0.2) is 34.8 Å². The van der Waals surface area contributed by atoms with Crippen molar-refractivity contribution in [3.05, 3.63) is 48.0 Å². The van der Waals surface area contributed by atoms with Gasteiger partial charge in [0.1, 0.15) is 23.7 Å². The number of aromatic nitrogens is 2. The Kier molecular flexibility index (Phi) is 5.38. The van der Waals surface area contributed by atoms with Gasteiger partial charge in [0.2, 0.25) is 5.91 Å². The highest BCUT2D eigenvalue weighted by molar-refractivity contribution is 5.81. The van der Waals surface area contributed by atoms with E-state index < -0.39 is 6.10 Å². The first-order valence-electron chi connectivity index (χ1n) is 8.69. The Bertz CT molecular complexity index is 728. The van der Waals surface area contributed by atoms with Crippen LogP contribution >= 0.6 is 0 Å². The summed E-state index contributed by atoms with van der Waals surface area (Å²) in [5, 5.41) is 3.11. The van der Waals surface area contributed by atoms with Gasteiger partial charge in [-0.05, 0) is 37.0 Å². The normalized spacial score (nSPS) is 21.1. The van der Waals surface area contributed by atoms with E-state index in [0.717, 1.165) is 36.4 Å². The molecule has 6 heteroatoms. The van der Waals surface area contributed by atoms with E-state index in [0.29, 0.717) is 0 Å². The number of hydrogen-bond donors (Lipinski definition) is 1. The molecule has 1 aliphatic heterocycles. The van der Waals surface area contributed by atoms with E-state index >= 15 is 0 Å². The van der Waals surface area contributed by atoms with E-state index in [1.54, 1.807) is 13.3 Å². The van der Waals surface area contributed by atoms with Crippen molar-refractivity contribution in [2.45, 2.75) is 44.4 Å². The molecule has 1 saturated heterocycles. The number of nitrogens with zero attached hydrogens (tertiary/aromatic N) is 2. The predicted octanol–water partition coefficient (Wildman–Crippen LogP) is 2.59. The third-order valence-corrected chi connectivity index (χ3v) is 4.69. The Morgan fingerprint density at radius 3 is 2.96 bits per heavy atom. The molecule has 1 fully saturated rings. The number of benzene rings is 1. The van der Waals surface area contributed by atoms with E-state index in [4.69, 9.17) is 9.47 Å². The number of carbonyl (C=O) groups excluding carboxylic acids is 1. The Morgan fingerprint density at radius 2 is 2.32 bits per heavy atom. The Labute approximate surface area is 148 Å². The second kappa shape index (κ2) is 7.70. The average Bonchev–Trinajstić information content (AvgIpc) is 3.28. The fourth-order valence-electron chi connectivity index (χ4n) is 3.21. The molecule has 1 amide bonds. The molecule has 134 valence electrons. The van der Waals surface area contributed by atoms with Crippen molar-refractivity contribution in [3.8, 4) is 5.75 Å². The van der Waals surface area contributed by atoms with Crippen molar-refractivity contribution in [2.24, 2.45) is 7.05 Å². The maximum absolute atomic E-state index is 12.7. The molecule has 0 bridgehead atoms. The fourth-order valence-corrected chi connectivity index (χ4v) is 3.21. The number of methoxy groups -OCH3 is 1. The second-order valence-electron chi connectivity index (χ2n) is 6.35. The Morgan fingerprint density at radius 1 is 1.48 bits per heavy atom. The molecule has 3 unspecified atom stereocenters. The Balaban J connectivity index is 1.84. The van der Waals surface area contributed by atoms with Gasteiger partial charge in [0.25, 0.3) is 0 Å². The lowest BCUT2D eigenvalue weighted by Crippen LogP contribution is -2.38.